The predicted octanol–water partition coefficient (Wildman–Crippen LogP) is -0.632. The number of nitrogens with zero attached hydrogens (tertiary/aromatic N) is 1. The number of carboxylic acids is 1. The van der Waals surface area contributed by atoms with Crippen molar-refractivity contribution in [1.82, 2.24) is 4.90 Å². The standard InChI is InChI=1S/C10H16N2O4/c1-6(13)8-3-2-4-12(8)9(14)5-7(11)10(15)16/h7-8H,2-5,11H2,1H3,(H,15,16)/t7?,8-/m1/s1. The second kappa shape index (κ2) is 5.07. The maximum atomic E-state index is 11.7. The van der Waals surface area contributed by atoms with E-state index in [-0.39, 0.29) is 18.1 Å². The summed E-state index contributed by atoms with van der Waals surface area (Å²) in [5.74, 6) is -1.62. The Morgan fingerprint density at radius 2 is 2.12 bits per heavy atom. The monoisotopic (exact) mass is 228 g/mol. The van der Waals surface area contributed by atoms with E-state index in [1.54, 1.807) is 0 Å². The molecular weight excluding hydrogens is 212 g/mol. The van der Waals surface area contributed by atoms with E-state index < -0.39 is 18.1 Å². The third-order valence-electron chi connectivity index (χ3n) is 2.75. The highest BCUT2D eigenvalue weighted by Gasteiger charge is 2.32. The zero-order valence-corrected chi connectivity index (χ0v) is 9.18. The summed E-state index contributed by atoms with van der Waals surface area (Å²) in [7, 11) is 0. The van der Waals surface area contributed by atoms with E-state index in [1.807, 2.05) is 0 Å². The molecule has 0 aliphatic carbocycles. The van der Waals surface area contributed by atoms with E-state index in [0.29, 0.717) is 13.0 Å². The minimum absolute atomic E-state index is 0.0604. The molecule has 1 heterocycles. The number of hydrogen-bond donors (Lipinski definition) is 2. The van der Waals surface area contributed by atoms with Crippen molar-refractivity contribution >= 4 is 17.7 Å². The molecule has 0 radical (unpaired) electrons. The fraction of sp³-hybridized carbons (Fsp3) is 0.700. The number of carbonyl (C=O) groups is 3. The van der Waals surface area contributed by atoms with Crippen molar-refractivity contribution in [3.8, 4) is 0 Å². The Kier molecular flexibility index (Phi) is 4.00. The number of amides is 1. The van der Waals surface area contributed by atoms with E-state index in [4.69, 9.17) is 10.8 Å². The van der Waals surface area contributed by atoms with Crippen LogP contribution in [0.25, 0.3) is 0 Å². The third kappa shape index (κ3) is 2.79. The van der Waals surface area contributed by atoms with Gasteiger partial charge in [-0.2, -0.15) is 0 Å². The first-order valence-electron chi connectivity index (χ1n) is 5.21. The number of aliphatic carboxylic acids is 1. The lowest BCUT2D eigenvalue weighted by Crippen LogP contribution is -2.43. The van der Waals surface area contributed by atoms with Crippen molar-refractivity contribution in [2.75, 3.05) is 6.54 Å². The van der Waals surface area contributed by atoms with Gasteiger partial charge in [0.25, 0.3) is 0 Å². The molecule has 90 valence electrons. The van der Waals surface area contributed by atoms with Crippen molar-refractivity contribution in [1.29, 1.82) is 0 Å². The van der Waals surface area contributed by atoms with E-state index in [9.17, 15) is 14.4 Å². The molecule has 6 nitrogen and oxygen atoms in total. The summed E-state index contributed by atoms with van der Waals surface area (Å²) in [5, 5.41) is 8.59. The van der Waals surface area contributed by atoms with Crippen molar-refractivity contribution in [2.24, 2.45) is 5.73 Å². The first-order chi connectivity index (χ1) is 7.43. The van der Waals surface area contributed by atoms with E-state index in [1.165, 1.54) is 11.8 Å². The second-order valence-corrected chi connectivity index (χ2v) is 4.00. The molecule has 0 aromatic heterocycles. The number of ketones is 1. The molecule has 3 N–H and O–H groups in total. The number of nitrogens with two attached hydrogens (primary N) is 1. The average Bonchev–Trinajstić information content (AvgIpc) is 2.65. The summed E-state index contributed by atoms with van der Waals surface area (Å²) >= 11 is 0. The number of rotatable bonds is 4. The summed E-state index contributed by atoms with van der Waals surface area (Å²) in [6.07, 6.45) is 1.18. The van der Waals surface area contributed by atoms with Crippen LogP contribution < -0.4 is 5.73 Å². The zero-order chi connectivity index (χ0) is 12.3. The maximum Gasteiger partial charge on any atom is 0.321 e. The van der Waals surface area contributed by atoms with Gasteiger partial charge >= 0.3 is 5.97 Å². The highest BCUT2D eigenvalue weighted by molar-refractivity contribution is 5.90. The molecule has 6 heteroatoms. The number of likely N-dealkylation sites (tertiary alicyclic amines) is 1. The minimum Gasteiger partial charge on any atom is -0.480 e. The van der Waals surface area contributed by atoms with Gasteiger partial charge in [0.05, 0.1) is 12.5 Å². The molecule has 16 heavy (non-hydrogen) atoms. The van der Waals surface area contributed by atoms with Crippen LogP contribution in [0.2, 0.25) is 0 Å². The summed E-state index contributed by atoms with van der Waals surface area (Å²) in [6, 6.07) is -1.59. The van der Waals surface area contributed by atoms with Crippen LogP contribution in [0.15, 0.2) is 0 Å². The van der Waals surface area contributed by atoms with Gasteiger partial charge in [0.2, 0.25) is 5.91 Å². The largest absolute Gasteiger partial charge is 0.480 e. The van der Waals surface area contributed by atoms with Gasteiger partial charge in [0, 0.05) is 6.54 Å². The maximum absolute atomic E-state index is 11.7. The number of Topliss-reactive ketones (excluding diaryl/α,β-unsaturated/α-hetero) is 1. The van der Waals surface area contributed by atoms with Gasteiger partial charge in [-0.3, -0.25) is 14.4 Å². The number of carbonyl (C=O) groups excluding carboxylic acids is 2. The van der Waals surface area contributed by atoms with Crippen LogP contribution in [-0.2, 0) is 14.4 Å². The van der Waals surface area contributed by atoms with Crippen molar-refractivity contribution in [3.63, 3.8) is 0 Å². The highest BCUT2D eigenvalue weighted by atomic mass is 16.4. The van der Waals surface area contributed by atoms with E-state index in [2.05, 4.69) is 0 Å². The molecule has 1 saturated heterocycles. The Labute approximate surface area is 93.4 Å². The Morgan fingerprint density at radius 3 is 2.62 bits per heavy atom. The van der Waals surface area contributed by atoms with Crippen LogP contribution in [-0.4, -0.2) is 46.3 Å². The Morgan fingerprint density at radius 1 is 1.50 bits per heavy atom. The van der Waals surface area contributed by atoms with Crippen molar-refractivity contribution in [2.45, 2.75) is 38.3 Å². The summed E-state index contributed by atoms with van der Waals surface area (Å²) in [5.41, 5.74) is 5.27. The number of carboxylic acid groups (broad SMARTS) is 1. The Hall–Kier alpha value is -1.43. The predicted molar refractivity (Wildman–Crippen MR) is 55.6 cm³/mol. The topological polar surface area (TPSA) is 101 Å². The molecule has 1 fully saturated rings. The van der Waals surface area contributed by atoms with Gasteiger partial charge in [-0.1, -0.05) is 0 Å². The van der Waals surface area contributed by atoms with Gasteiger partial charge < -0.3 is 15.7 Å². The van der Waals surface area contributed by atoms with Gasteiger partial charge in [0.15, 0.2) is 5.78 Å². The van der Waals surface area contributed by atoms with Gasteiger partial charge in [-0.25, -0.2) is 0 Å². The lowest BCUT2D eigenvalue weighted by Gasteiger charge is -2.23. The third-order valence-corrected chi connectivity index (χ3v) is 2.75. The van der Waals surface area contributed by atoms with Crippen LogP contribution in [0.1, 0.15) is 26.2 Å². The molecule has 2 atom stereocenters. The minimum atomic E-state index is -1.20. The summed E-state index contributed by atoms with van der Waals surface area (Å²) in [6.45, 7) is 1.95. The van der Waals surface area contributed by atoms with E-state index >= 15 is 0 Å². The van der Waals surface area contributed by atoms with Gasteiger partial charge in [0.1, 0.15) is 6.04 Å². The fourth-order valence-corrected chi connectivity index (χ4v) is 1.88. The van der Waals surface area contributed by atoms with Crippen LogP contribution in [0, 0.1) is 0 Å². The van der Waals surface area contributed by atoms with Gasteiger partial charge in [-0.05, 0) is 19.8 Å². The van der Waals surface area contributed by atoms with Crippen molar-refractivity contribution < 1.29 is 19.5 Å². The molecular formula is C10H16N2O4. The lowest BCUT2D eigenvalue weighted by atomic mass is 10.1. The molecule has 1 amide bonds. The molecule has 0 saturated carbocycles. The molecule has 1 aliphatic rings. The Balaban J connectivity index is 2.60. The summed E-state index contributed by atoms with van der Waals surface area (Å²) in [4.78, 5) is 34.9. The Bertz CT molecular complexity index is 316. The SMILES string of the molecule is CC(=O)[C@H]1CCCN1C(=O)CC(N)C(=O)O. The van der Waals surface area contributed by atoms with Crippen LogP contribution in [0.3, 0.4) is 0 Å². The highest BCUT2D eigenvalue weighted by Crippen LogP contribution is 2.19. The number of hydrogen-bond acceptors (Lipinski definition) is 4. The van der Waals surface area contributed by atoms with E-state index in [0.717, 1.165) is 6.42 Å². The molecule has 0 aromatic carbocycles. The molecule has 0 spiro atoms. The smallest absolute Gasteiger partial charge is 0.321 e. The molecule has 1 aliphatic heterocycles. The van der Waals surface area contributed by atoms with Crippen LogP contribution in [0.4, 0.5) is 0 Å². The molecule has 1 unspecified atom stereocenters. The van der Waals surface area contributed by atoms with Gasteiger partial charge in [-0.15, -0.1) is 0 Å². The quantitative estimate of drug-likeness (QED) is 0.667. The first-order valence-corrected chi connectivity index (χ1v) is 5.21. The van der Waals surface area contributed by atoms with Crippen LogP contribution in [0.5, 0.6) is 0 Å². The van der Waals surface area contributed by atoms with Crippen molar-refractivity contribution in [3.05, 3.63) is 0 Å². The van der Waals surface area contributed by atoms with Crippen LogP contribution >= 0.6 is 0 Å². The summed E-state index contributed by atoms with van der Waals surface area (Å²) < 4.78 is 0. The zero-order valence-electron chi connectivity index (χ0n) is 9.18. The molecule has 0 bridgehead atoms. The average molecular weight is 228 g/mol. The lowest BCUT2D eigenvalue weighted by molar-refractivity contribution is -0.143. The fourth-order valence-electron chi connectivity index (χ4n) is 1.88. The second-order valence-electron chi connectivity index (χ2n) is 4.00. The molecule has 1 rings (SSSR count). The first kappa shape index (κ1) is 12.6. The molecule has 0 aromatic rings. The normalized spacial score (nSPS) is 21.9.